The second-order valence-corrected chi connectivity index (χ2v) is 6.97. The first kappa shape index (κ1) is 21.3. The monoisotopic (exact) mass is 407 g/mol. The lowest BCUT2D eigenvalue weighted by molar-refractivity contribution is 0.182. The van der Waals surface area contributed by atoms with E-state index in [4.69, 9.17) is 4.74 Å². The molecule has 156 valence electrons. The van der Waals surface area contributed by atoms with Crippen molar-refractivity contribution in [2.75, 3.05) is 6.54 Å². The quantitative estimate of drug-likeness (QED) is 0.566. The van der Waals surface area contributed by atoms with Gasteiger partial charge in [0.05, 0.1) is 6.04 Å². The number of aromatic nitrogens is 1. The average Bonchev–Trinajstić information content (AvgIpc) is 2.78. The number of benzene rings is 2. The number of hydrogen-bond donors (Lipinski definition) is 1. The predicted molar refractivity (Wildman–Crippen MR) is 114 cm³/mol. The van der Waals surface area contributed by atoms with Crippen LogP contribution < -0.4 is 10.1 Å². The second kappa shape index (κ2) is 10.4. The lowest BCUT2D eigenvalue weighted by atomic mass is 10.1. The fourth-order valence-corrected chi connectivity index (χ4v) is 3.15. The Hall–Kier alpha value is -3.41. The summed E-state index contributed by atoms with van der Waals surface area (Å²) in [6, 6.07) is 17.4. The lowest BCUT2D eigenvalue weighted by Gasteiger charge is -2.28. The van der Waals surface area contributed by atoms with Crippen LogP contribution in [-0.4, -0.2) is 22.5 Å². The average molecular weight is 407 g/mol. The number of urea groups is 1. The highest BCUT2D eigenvalue weighted by Crippen LogP contribution is 2.20. The number of nitrogens with one attached hydrogen (secondary N) is 1. The topological polar surface area (TPSA) is 54.5 Å². The molecule has 0 radical (unpaired) electrons. The fraction of sp³-hybridized carbons (Fsp3) is 0.250. The van der Waals surface area contributed by atoms with E-state index in [1.807, 2.05) is 50.2 Å². The van der Waals surface area contributed by atoms with Crippen LogP contribution in [0.3, 0.4) is 0 Å². The first-order valence-corrected chi connectivity index (χ1v) is 9.97. The Morgan fingerprint density at radius 3 is 2.47 bits per heavy atom. The molecule has 2 aromatic carbocycles. The van der Waals surface area contributed by atoms with Crippen molar-refractivity contribution in [3.8, 4) is 5.75 Å². The molecule has 0 saturated carbocycles. The highest BCUT2D eigenvalue weighted by molar-refractivity contribution is 5.74. The van der Waals surface area contributed by atoms with Crippen molar-refractivity contribution >= 4 is 6.03 Å². The zero-order valence-electron chi connectivity index (χ0n) is 17.2. The summed E-state index contributed by atoms with van der Waals surface area (Å²) in [4.78, 5) is 18.5. The van der Waals surface area contributed by atoms with Gasteiger partial charge in [0.15, 0.2) is 0 Å². The van der Waals surface area contributed by atoms with Gasteiger partial charge in [-0.15, -0.1) is 0 Å². The van der Waals surface area contributed by atoms with E-state index in [1.165, 1.54) is 12.1 Å². The van der Waals surface area contributed by atoms with Crippen LogP contribution >= 0.6 is 0 Å². The van der Waals surface area contributed by atoms with Crippen LogP contribution in [0.4, 0.5) is 9.18 Å². The third kappa shape index (κ3) is 5.80. The normalized spacial score (nSPS) is 11.6. The summed E-state index contributed by atoms with van der Waals surface area (Å²) in [6.07, 6.45) is 3.50. The Balaban J connectivity index is 1.52. The van der Waals surface area contributed by atoms with E-state index in [1.54, 1.807) is 29.4 Å². The number of amides is 2. The van der Waals surface area contributed by atoms with Crippen molar-refractivity contribution in [1.82, 2.24) is 15.2 Å². The molecule has 3 aromatic rings. The molecule has 1 unspecified atom stereocenters. The molecule has 30 heavy (non-hydrogen) atoms. The third-order valence-electron chi connectivity index (χ3n) is 4.92. The van der Waals surface area contributed by atoms with E-state index in [9.17, 15) is 9.18 Å². The van der Waals surface area contributed by atoms with Crippen LogP contribution in [0.25, 0.3) is 0 Å². The minimum atomic E-state index is -0.286. The maximum atomic E-state index is 13.2. The minimum Gasteiger partial charge on any atom is -0.489 e. The van der Waals surface area contributed by atoms with Crippen LogP contribution in [0.5, 0.6) is 5.75 Å². The largest absolute Gasteiger partial charge is 0.489 e. The number of halogens is 1. The summed E-state index contributed by atoms with van der Waals surface area (Å²) in [7, 11) is 0. The molecule has 3 rings (SSSR count). The summed E-state index contributed by atoms with van der Waals surface area (Å²) in [5, 5.41) is 2.95. The molecule has 1 heterocycles. The van der Waals surface area contributed by atoms with Gasteiger partial charge in [-0.3, -0.25) is 4.98 Å². The van der Waals surface area contributed by atoms with Gasteiger partial charge in [-0.05, 0) is 55.3 Å². The summed E-state index contributed by atoms with van der Waals surface area (Å²) in [6.45, 7) is 5.27. The SMILES string of the molecule is CCN(C(=O)NCc1ccc(OCc2cccnc2)cc1)C(C)c1ccc(F)cc1. The van der Waals surface area contributed by atoms with Crippen molar-refractivity contribution in [2.45, 2.75) is 33.0 Å². The maximum absolute atomic E-state index is 13.2. The minimum absolute atomic E-state index is 0.154. The molecule has 0 bridgehead atoms. The zero-order chi connectivity index (χ0) is 21.3. The molecule has 1 aromatic heterocycles. The first-order chi connectivity index (χ1) is 14.6. The van der Waals surface area contributed by atoms with Crippen LogP contribution in [0, 0.1) is 5.82 Å². The van der Waals surface area contributed by atoms with Gasteiger partial charge in [-0.1, -0.05) is 30.3 Å². The number of nitrogens with zero attached hydrogens (tertiary/aromatic N) is 2. The van der Waals surface area contributed by atoms with Gasteiger partial charge in [0.1, 0.15) is 18.2 Å². The molecule has 0 fully saturated rings. The van der Waals surface area contributed by atoms with Crippen molar-refractivity contribution in [3.63, 3.8) is 0 Å². The molecule has 0 aliphatic carbocycles. The Kier molecular flexibility index (Phi) is 7.38. The Morgan fingerprint density at radius 2 is 1.83 bits per heavy atom. The van der Waals surface area contributed by atoms with Crippen molar-refractivity contribution < 1.29 is 13.9 Å². The van der Waals surface area contributed by atoms with E-state index >= 15 is 0 Å². The lowest BCUT2D eigenvalue weighted by Crippen LogP contribution is -2.41. The van der Waals surface area contributed by atoms with Gasteiger partial charge in [0, 0.05) is 31.0 Å². The molecular weight excluding hydrogens is 381 g/mol. The fourth-order valence-electron chi connectivity index (χ4n) is 3.15. The molecule has 0 spiro atoms. The highest BCUT2D eigenvalue weighted by Gasteiger charge is 2.19. The van der Waals surface area contributed by atoms with Crippen molar-refractivity contribution in [3.05, 3.63) is 95.6 Å². The third-order valence-corrected chi connectivity index (χ3v) is 4.92. The molecule has 1 N–H and O–H groups in total. The van der Waals surface area contributed by atoms with Crippen molar-refractivity contribution in [2.24, 2.45) is 0 Å². The van der Waals surface area contributed by atoms with E-state index in [-0.39, 0.29) is 17.9 Å². The Morgan fingerprint density at radius 1 is 1.10 bits per heavy atom. The molecule has 0 saturated heterocycles. The van der Waals surface area contributed by atoms with Crippen LogP contribution in [-0.2, 0) is 13.2 Å². The zero-order valence-corrected chi connectivity index (χ0v) is 17.2. The first-order valence-electron chi connectivity index (χ1n) is 9.97. The van der Waals surface area contributed by atoms with Crippen LogP contribution in [0.2, 0.25) is 0 Å². The number of ether oxygens (including phenoxy) is 1. The number of rotatable bonds is 8. The molecular formula is C24H26FN3O2. The highest BCUT2D eigenvalue weighted by atomic mass is 19.1. The van der Waals surface area contributed by atoms with Gasteiger partial charge in [-0.2, -0.15) is 0 Å². The predicted octanol–water partition coefficient (Wildman–Crippen LogP) is 5.09. The van der Waals surface area contributed by atoms with Gasteiger partial charge >= 0.3 is 6.03 Å². The van der Waals surface area contributed by atoms with E-state index in [0.29, 0.717) is 19.7 Å². The summed E-state index contributed by atoms with van der Waals surface area (Å²) in [5.74, 6) is 0.473. The maximum Gasteiger partial charge on any atom is 0.318 e. The molecule has 6 heteroatoms. The Labute approximate surface area is 176 Å². The molecule has 1 atom stereocenters. The standard InChI is InChI=1S/C24H26FN3O2/c1-3-28(18(2)21-8-10-22(25)11-9-21)24(29)27-16-19-6-12-23(13-7-19)30-17-20-5-4-14-26-15-20/h4-15,18H,3,16-17H2,1-2H3,(H,27,29). The molecule has 5 nitrogen and oxygen atoms in total. The summed E-state index contributed by atoms with van der Waals surface area (Å²) >= 11 is 0. The van der Waals surface area contributed by atoms with Crippen LogP contribution in [0.1, 0.15) is 36.6 Å². The summed E-state index contributed by atoms with van der Waals surface area (Å²) < 4.78 is 18.9. The molecule has 0 aliphatic heterocycles. The van der Waals surface area contributed by atoms with Gasteiger partial charge < -0.3 is 15.0 Å². The van der Waals surface area contributed by atoms with Gasteiger partial charge in [0.25, 0.3) is 0 Å². The van der Waals surface area contributed by atoms with E-state index < -0.39 is 0 Å². The molecule has 0 aliphatic rings. The molecule has 2 amide bonds. The van der Waals surface area contributed by atoms with Crippen LogP contribution in [0.15, 0.2) is 73.1 Å². The van der Waals surface area contributed by atoms with E-state index in [2.05, 4.69) is 10.3 Å². The van der Waals surface area contributed by atoms with Gasteiger partial charge in [-0.25, -0.2) is 9.18 Å². The Bertz CT molecular complexity index is 931. The number of carbonyl (C=O) groups excluding carboxylic acids is 1. The van der Waals surface area contributed by atoms with Gasteiger partial charge in [0.2, 0.25) is 0 Å². The number of hydrogen-bond acceptors (Lipinski definition) is 3. The van der Waals surface area contributed by atoms with E-state index in [0.717, 1.165) is 22.4 Å². The smallest absolute Gasteiger partial charge is 0.318 e. The number of carbonyl (C=O) groups is 1. The number of pyridine rings is 1. The second-order valence-electron chi connectivity index (χ2n) is 6.97. The summed E-state index contributed by atoms with van der Waals surface area (Å²) in [5.41, 5.74) is 2.87. The van der Waals surface area contributed by atoms with Crippen molar-refractivity contribution in [1.29, 1.82) is 0 Å².